The quantitative estimate of drug-likeness (QED) is 0.842. The number of halogens is 1. The van der Waals surface area contributed by atoms with Crippen LogP contribution in [0, 0.1) is 0 Å². The van der Waals surface area contributed by atoms with Crippen molar-refractivity contribution in [1.29, 1.82) is 0 Å². The van der Waals surface area contributed by atoms with Gasteiger partial charge in [0.1, 0.15) is 18.0 Å². The van der Waals surface area contributed by atoms with Crippen LogP contribution in [-0.2, 0) is 9.47 Å². The molecule has 2 aliphatic heterocycles. The Morgan fingerprint density at radius 2 is 1.95 bits per heavy atom. The fraction of sp³-hybridized carbons (Fsp3) is 0.294. The van der Waals surface area contributed by atoms with Crippen molar-refractivity contribution in [2.75, 3.05) is 18.5 Å². The van der Waals surface area contributed by atoms with Crippen molar-refractivity contribution in [3.8, 4) is 5.75 Å². The third-order valence-corrected chi connectivity index (χ3v) is 4.41. The maximum Gasteiger partial charge on any atom is 0.115 e. The van der Waals surface area contributed by atoms with Crippen LogP contribution in [0.5, 0.6) is 5.75 Å². The van der Waals surface area contributed by atoms with Gasteiger partial charge in [-0.1, -0.05) is 23.7 Å². The van der Waals surface area contributed by atoms with Crippen LogP contribution in [0.3, 0.4) is 0 Å². The average Bonchev–Trinajstić information content (AvgIpc) is 2.54. The molecule has 0 radical (unpaired) electrons. The first-order valence-electron chi connectivity index (χ1n) is 7.30. The molecule has 2 aliphatic rings. The highest BCUT2D eigenvalue weighted by Crippen LogP contribution is 2.45. The molecule has 22 heavy (non-hydrogen) atoms. The topological polar surface area (TPSA) is 50.7 Å². The van der Waals surface area contributed by atoms with Crippen LogP contribution in [0.15, 0.2) is 42.5 Å². The van der Waals surface area contributed by atoms with Gasteiger partial charge < -0.3 is 19.9 Å². The van der Waals surface area contributed by atoms with Crippen molar-refractivity contribution in [3.63, 3.8) is 0 Å². The second kappa shape index (κ2) is 5.47. The van der Waals surface area contributed by atoms with E-state index in [2.05, 4.69) is 5.32 Å². The molecule has 2 aromatic rings. The van der Waals surface area contributed by atoms with Gasteiger partial charge in [0.2, 0.25) is 0 Å². The van der Waals surface area contributed by atoms with E-state index in [1.165, 1.54) is 0 Å². The van der Waals surface area contributed by atoms with Crippen LogP contribution in [0.2, 0.25) is 5.02 Å². The van der Waals surface area contributed by atoms with Gasteiger partial charge in [-0.2, -0.15) is 0 Å². The van der Waals surface area contributed by atoms with E-state index in [0.717, 1.165) is 16.8 Å². The van der Waals surface area contributed by atoms with E-state index in [0.29, 0.717) is 18.2 Å². The molecule has 5 heteroatoms. The molecule has 0 saturated carbocycles. The monoisotopic (exact) mass is 317 g/mol. The number of phenols is 1. The fourth-order valence-corrected chi connectivity index (χ4v) is 3.40. The van der Waals surface area contributed by atoms with Crippen LogP contribution in [0.4, 0.5) is 5.69 Å². The summed E-state index contributed by atoms with van der Waals surface area (Å²) in [5.74, 6) is 0.245. The van der Waals surface area contributed by atoms with Gasteiger partial charge >= 0.3 is 0 Å². The first-order valence-corrected chi connectivity index (χ1v) is 7.68. The molecular weight excluding hydrogens is 302 g/mol. The summed E-state index contributed by atoms with van der Waals surface area (Å²) in [4.78, 5) is 0. The lowest BCUT2D eigenvalue weighted by molar-refractivity contribution is -0.151. The van der Waals surface area contributed by atoms with E-state index in [4.69, 9.17) is 21.1 Å². The third kappa shape index (κ3) is 2.33. The number of nitrogens with one attached hydrogen (secondary N) is 1. The Labute approximate surface area is 133 Å². The largest absolute Gasteiger partial charge is 0.508 e. The van der Waals surface area contributed by atoms with Crippen LogP contribution in [-0.4, -0.2) is 24.4 Å². The van der Waals surface area contributed by atoms with Crippen LogP contribution < -0.4 is 5.32 Å². The van der Waals surface area contributed by atoms with Gasteiger partial charge in [-0.05, 0) is 35.9 Å². The molecule has 0 spiro atoms. The van der Waals surface area contributed by atoms with E-state index in [1.54, 1.807) is 12.1 Å². The number of fused-ring (bicyclic) bond motifs is 3. The molecule has 1 fully saturated rings. The van der Waals surface area contributed by atoms with Crippen LogP contribution >= 0.6 is 11.6 Å². The zero-order valence-electron chi connectivity index (χ0n) is 11.8. The fourth-order valence-electron chi connectivity index (χ4n) is 3.22. The molecule has 2 N–H and O–H groups in total. The number of anilines is 1. The van der Waals surface area contributed by atoms with E-state index in [-0.39, 0.29) is 24.0 Å². The predicted octanol–water partition coefficient (Wildman–Crippen LogP) is 3.67. The third-order valence-electron chi connectivity index (χ3n) is 4.18. The Balaban J connectivity index is 1.79. The Bertz CT molecular complexity index is 706. The summed E-state index contributed by atoms with van der Waals surface area (Å²) in [5, 5.41) is 13.9. The van der Waals surface area contributed by atoms with Gasteiger partial charge in [-0.15, -0.1) is 0 Å². The summed E-state index contributed by atoms with van der Waals surface area (Å²) in [6, 6.07) is 12.9. The molecular formula is C17H16ClNO3. The predicted molar refractivity (Wildman–Crippen MR) is 84.4 cm³/mol. The zero-order valence-corrected chi connectivity index (χ0v) is 12.6. The molecule has 4 nitrogen and oxygen atoms in total. The molecule has 4 rings (SSSR count). The number of hydrogen-bond donors (Lipinski definition) is 2. The van der Waals surface area contributed by atoms with E-state index in [9.17, 15) is 5.11 Å². The van der Waals surface area contributed by atoms with Crippen molar-refractivity contribution >= 4 is 17.3 Å². The van der Waals surface area contributed by atoms with E-state index in [1.807, 2.05) is 30.3 Å². The minimum atomic E-state index is -0.156. The second-order valence-electron chi connectivity index (χ2n) is 5.58. The summed E-state index contributed by atoms with van der Waals surface area (Å²) in [5.41, 5.74) is 2.99. The normalized spacial score (nSPS) is 26.7. The van der Waals surface area contributed by atoms with Gasteiger partial charge in [0.25, 0.3) is 0 Å². The van der Waals surface area contributed by atoms with Crippen LogP contribution in [0.1, 0.15) is 23.3 Å². The number of hydrogen-bond acceptors (Lipinski definition) is 4. The van der Waals surface area contributed by atoms with Crippen LogP contribution in [0.25, 0.3) is 0 Å². The lowest BCUT2D eigenvalue weighted by Crippen LogP contribution is -2.43. The first-order chi connectivity index (χ1) is 10.7. The Morgan fingerprint density at radius 1 is 1.09 bits per heavy atom. The number of phenolic OH excluding ortho intramolecular Hbond substituents is 1. The molecule has 0 aliphatic carbocycles. The number of benzene rings is 2. The van der Waals surface area contributed by atoms with Crippen molar-refractivity contribution < 1.29 is 14.6 Å². The Kier molecular flexibility index (Phi) is 3.45. The van der Waals surface area contributed by atoms with Crippen molar-refractivity contribution in [2.24, 2.45) is 0 Å². The van der Waals surface area contributed by atoms with Gasteiger partial charge in [-0.3, -0.25) is 0 Å². The summed E-state index contributed by atoms with van der Waals surface area (Å²) < 4.78 is 11.9. The van der Waals surface area contributed by atoms with Crippen molar-refractivity contribution in [3.05, 3.63) is 58.6 Å². The molecule has 0 aromatic heterocycles. The minimum absolute atomic E-state index is 0.0777. The SMILES string of the molecule is Oc1cccc(C2Nc3ccc(Cl)cc3C3OCCOC23)c1. The summed E-state index contributed by atoms with van der Waals surface area (Å²) in [6.07, 6.45) is -0.308. The molecule has 3 unspecified atom stereocenters. The molecule has 0 amide bonds. The highest BCUT2D eigenvalue weighted by Gasteiger charge is 2.41. The minimum Gasteiger partial charge on any atom is -0.508 e. The van der Waals surface area contributed by atoms with Gasteiger partial charge in [0.15, 0.2) is 0 Å². The van der Waals surface area contributed by atoms with Gasteiger partial charge in [-0.25, -0.2) is 0 Å². The Hall–Kier alpha value is -1.75. The maximum absolute atomic E-state index is 9.75. The highest BCUT2D eigenvalue weighted by atomic mass is 35.5. The summed E-state index contributed by atoms with van der Waals surface area (Å²) in [7, 11) is 0. The average molecular weight is 318 g/mol. The smallest absolute Gasteiger partial charge is 0.115 e. The van der Waals surface area contributed by atoms with Crippen molar-refractivity contribution in [2.45, 2.75) is 18.2 Å². The standard InChI is InChI=1S/C17H16ClNO3/c18-11-4-5-14-13(9-11)16-17(22-7-6-21-16)15(19-14)10-2-1-3-12(20)8-10/h1-5,8-9,15-17,19-20H,6-7H2. The molecule has 0 bridgehead atoms. The Morgan fingerprint density at radius 3 is 2.82 bits per heavy atom. The molecule has 2 aromatic carbocycles. The highest BCUT2D eigenvalue weighted by molar-refractivity contribution is 6.30. The lowest BCUT2D eigenvalue weighted by Gasteiger charge is -2.43. The molecule has 1 saturated heterocycles. The van der Waals surface area contributed by atoms with Crippen molar-refractivity contribution in [1.82, 2.24) is 0 Å². The lowest BCUT2D eigenvalue weighted by atomic mass is 9.87. The number of ether oxygens (including phenoxy) is 2. The molecule has 2 heterocycles. The van der Waals surface area contributed by atoms with Gasteiger partial charge in [0.05, 0.1) is 19.3 Å². The first kappa shape index (κ1) is 13.9. The zero-order chi connectivity index (χ0) is 15.1. The van der Waals surface area contributed by atoms with Gasteiger partial charge in [0, 0.05) is 16.3 Å². The summed E-state index contributed by atoms with van der Waals surface area (Å²) >= 11 is 6.12. The number of aromatic hydroxyl groups is 1. The second-order valence-corrected chi connectivity index (χ2v) is 6.01. The summed E-state index contributed by atoms with van der Waals surface area (Å²) in [6.45, 7) is 1.13. The number of rotatable bonds is 1. The van der Waals surface area contributed by atoms with E-state index < -0.39 is 0 Å². The molecule has 114 valence electrons. The molecule has 3 atom stereocenters. The van der Waals surface area contributed by atoms with E-state index >= 15 is 0 Å². The maximum atomic E-state index is 9.75.